The van der Waals surface area contributed by atoms with Crippen LogP contribution in [0.15, 0.2) is 58.2 Å². The summed E-state index contributed by atoms with van der Waals surface area (Å²) in [6.07, 6.45) is 1.67. The zero-order chi connectivity index (χ0) is 14.6. The molecule has 2 aromatic rings. The van der Waals surface area contributed by atoms with Crippen molar-refractivity contribution in [3.05, 3.63) is 58.7 Å². The van der Waals surface area contributed by atoms with E-state index in [1.807, 2.05) is 18.2 Å². The Morgan fingerprint density at radius 3 is 2.55 bits per heavy atom. The van der Waals surface area contributed by atoms with Gasteiger partial charge in [-0.1, -0.05) is 30.3 Å². The van der Waals surface area contributed by atoms with E-state index in [2.05, 4.69) is 20.9 Å². The topological polar surface area (TPSA) is 76.2 Å². The lowest BCUT2D eigenvalue weighted by Crippen LogP contribution is -2.47. The molecule has 0 saturated heterocycles. The SMILES string of the molecule is NC(CSc1ccc(Br)cn1)(C(=O)O)c1ccccc1. The number of aliphatic carboxylic acids is 1. The molecule has 1 atom stereocenters. The van der Waals surface area contributed by atoms with Gasteiger partial charge < -0.3 is 10.8 Å². The van der Waals surface area contributed by atoms with Crippen LogP contribution in [0.4, 0.5) is 0 Å². The van der Waals surface area contributed by atoms with Crippen LogP contribution >= 0.6 is 27.7 Å². The lowest BCUT2D eigenvalue weighted by Gasteiger charge is -2.24. The molecule has 4 nitrogen and oxygen atoms in total. The number of carbonyl (C=O) groups is 1. The summed E-state index contributed by atoms with van der Waals surface area (Å²) in [5.74, 6) is -0.839. The second kappa shape index (κ2) is 6.39. The predicted molar refractivity (Wildman–Crippen MR) is 82.6 cm³/mol. The van der Waals surface area contributed by atoms with Gasteiger partial charge in [-0.15, -0.1) is 11.8 Å². The van der Waals surface area contributed by atoms with Gasteiger partial charge in [0.25, 0.3) is 0 Å². The number of benzene rings is 1. The molecular weight excluding hydrogens is 340 g/mol. The Labute approximate surface area is 129 Å². The van der Waals surface area contributed by atoms with Crippen molar-refractivity contribution in [2.24, 2.45) is 5.73 Å². The van der Waals surface area contributed by atoms with Crippen LogP contribution in [-0.2, 0) is 10.3 Å². The highest BCUT2D eigenvalue weighted by Gasteiger charge is 2.36. The van der Waals surface area contributed by atoms with Crippen LogP contribution in [0.5, 0.6) is 0 Å². The fourth-order valence-corrected chi connectivity index (χ4v) is 2.83. The third-order valence-corrected chi connectivity index (χ3v) is 4.42. The molecule has 0 saturated carbocycles. The Balaban J connectivity index is 2.18. The van der Waals surface area contributed by atoms with Crippen molar-refractivity contribution in [3.63, 3.8) is 0 Å². The summed E-state index contributed by atoms with van der Waals surface area (Å²) in [4.78, 5) is 15.7. The summed E-state index contributed by atoms with van der Waals surface area (Å²) in [5, 5.41) is 10.2. The monoisotopic (exact) mass is 352 g/mol. The second-order valence-electron chi connectivity index (χ2n) is 4.25. The molecule has 1 aromatic carbocycles. The van der Waals surface area contributed by atoms with E-state index in [-0.39, 0.29) is 5.75 Å². The van der Waals surface area contributed by atoms with E-state index in [1.165, 1.54) is 11.8 Å². The number of hydrogen-bond acceptors (Lipinski definition) is 4. The Bertz CT molecular complexity index is 592. The summed E-state index contributed by atoms with van der Waals surface area (Å²) in [5.41, 5.74) is 5.23. The van der Waals surface area contributed by atoms with Crippen molar-refractivity contribution < 1.29 is 9.90 Å². The second-order valence-corrected chi connectivity index (χ2v) is 6.16. The summed E-state index contributed by atoms with van der Waals surface area (Å²) in [7, 11) is 0. The molecule has 0 amide bonds. The van der Waals surface area contributed by atoms with E-state index in [0.29, 0.717) is 5.56 Å². The minimum atomic E-state index is -1.43. The maximum Gasteiger partial charge on any atom is 0.329 e. The zero-order valence-corrected chi connectivity index (χ0v) is 12.9. The first-order chi connectivity index (χ1) is 9.52. The molecule has 0 spiro atoms. The van der Waals surface area contributed by atoms with Crippen LogP contribution in [-0.4, -0.2) is 21.8 Å². The highest BCUT2D eigenvalue weighted by molar-refractivity contribution is 9.10. The van der Waals surface area contributed by atoms with Crippen molar-refractivity contribution in [1.82, 2.24) is 4.98 Å². The number of rotatable bonds is 5. The molecule has 0 aliphatic heterocycles. The normalized spacial score (nSPS) is 13.7. The Kier molecular flexibility index (Phi) is 4.80. The number of aromatic nitrogens is 1. The van der Waals surface area contributed by atoms with Crippen LogP contribution < -0.4 is 5.73 Å². The summed E-state index contributed by atoms with van der Waals surface area (Å²) in [6.45, 7) is 0. The third kappa shape index (κ3) is 3.39. The van der Waals surface area contributed by atoms with Crippen LogP contribution in [0.3, 0.4) is 0 Å². The molecule has 104 valence electrons. The minimum Gasteiger partial charge on any atom is -0.480 e. The zero-order valence-electron chi connectivity index (χ0n) is 10.5. The van der Waals surface area contributed by atoms with E-state index in [0.717, 1.165) is 9.50 Å². The molecule has 3 N–H and O–H groups in total. The van der Waals surface area contributed by atoms with Gasteiger partial charge in [0.05, 0.1) is 5.03 Å². The molecule has 0 aliphatic carbocycles. The van der Waals surface area contributed by atoms with Gasteiger partial charge in [0, 0.05) is 16.4 Å². The number of carboxylic acids is 1. The quantitative estimate of drug-likeness (QED) is 0.809. The first kappa shape index (κ1) is 15.0. The number of thioether (sulfide) groups is 1. The van der Waals surface area contributed by atoms with Gasteiger partial charge >= 0.3 is 5.97 Å². The first-order valence-electron chi connectivity index (χ1n) is 5.84. The first-order valence-corrected chi connectivity index (χ1v) is 7.62. The number of nitrogens with two attached hydrogens (primary N) is 1. The van der Waals surface area contributed by atoms with E-state index < -0.39 is 11.5 Å². The maximum atomic E-state index is 11.5. The van der Waals surface area contributed by atoms with Gasteiger partial charge in [-0.2, -0.15) is 0 Å². The fraction of sp³-hybridized carbons (Fsp3) is 0.143. The van der Waals surface area contributed by atoms with Crippen LogP contribution in [0.2, 0.25) is 0 Å². The van der Waals surface area contributed by atoms with E-state index >= 15 is 0 Å². The van der Waals surface area contributed by atoms with Crippen molar-refractivity contribution in [2.45, 2.75) is 10.6 Å². The van der Waals surface area contributed by atoms with Gasteiger partial charge in [0.15, 0.2) is 0 Å². The van der Waals surface area contributed by atoms with Crippen molar-refractivity contribution in [1.29, 1.82) is 0 Å². The van der Waals surface area contributed by atoms with Gasteiger partial charge in [-0.25, -0.2) is 9.78 Å². The molecule has 20 heavy (non-hydrogen) atoms. The van der Waals surface area contributed by atoms with Gasteiger partial charge in [-0.3, -0.25) is 0 Å². The third-order valence-electron chi connectivity index (χ3n) is 2.82. The van der Waals surface area contributed by atoms with Crippen LogP contribution in [0.1, 0.15) is 5.56 Å². The fourth-order valence-electron chi connectivity index (χ4n) is 1.64. The average Bonchev–Trinajstić information content (AvgIpc) is 2.47. The lowest BCUT2D eigenvalue weighted by atomic mass is 9.93. The number of pyridine rings is 1. The van der Waals surface area contributed by atoms with E-state index in [1.54, 1.807) is 30.5 Å². The summed E-state index contributed by atoms with van der Waals surface area (Å²) < 4.78 is 0.877. The van der Waals surface area contributed by atoms with Crippen molar-refractivity contribution >= 4 is 33.7 Å². The van der Waals surface area contributed by atoms with Gasteiger partial charge in [0.1, 0.15) is 5.54 Å². The Morgan fingerprint density at radius 1 is 1.30 bits per heavy atom. The lowest BCUT2D eigenvalue weighted by molar-refractivity contribution is -0.142. The largest absolute Gasteiger partial charge is 0.480 e. The molecule has 0 radical (unpaired) electrons. The van der Waals surface area contributed by atoms with Gasteiger partial charge in [-0.05, 0) is 33.6 Å². The molecule has 1 heterocycles. The van der Waals surface area contributed by atoms with Crippen LogP contribution in [0, 0.1) is 0 Å². The standard InChI is InChI=1S/C14H13BrN2O2S/c15-11-6-7-12(17-8-11)20-9-14(16,13(18)19)10-4-2-1-3-5-10/h1-8H,9,16H2,(H,18,19). The molecule has 2 rings (SSSR count). The number of hydrogen-bond donors (Lipinski definition) is 2. The highest BCUT2D eigenvalue weighted by atomic mass is 79.9. The molecule has 0 fully saturated rings. The number of carboxylic acid groups (broad SMARTS) is 1. The van der Waals surface area contributed by atoms with Crippen molar-refractivity contribution in [3.8, 4) is 0 Å². The molecule has 1 aromatic heterocycles. The smallest absolute Gasteiger partial charge is 0.329 e. The Hall–Kier alpha value is -1.37. The molecular formula is C14H13BrN2O2S. The van der Waals surface area contributed by atoms with Gasteiger partial charge in [0.2, 0.25) is 0 Å². The predicted octanol–water partition coefficient (Wildman–Crippen LogP) is 2.88. The number of nitrogens with zero attached hydrogens (tertiary/aromatic N) is 1. The summed E-state index contributed by atoms with van der Waals surface area (Å²) >= 11 is 4.63. The molecule has 6 heteroatoms. The maximum absolute atomic E-state index is 11.5. The van der Waals surface area contributed by atoms with E-state index in [4.69, 9.17) is 5.73 Å². The Morgan fingerprint density at radius 2 is 2.00 bits per heavy atom. The van der Waals surface area contributed by atoms with Crippen LogP contribution in [0.25, 0.3) is 0 Å². The molecule has 0 bridgehead atoms. The molecule has 1 unspecified atom stereocenters. The highest BCUT2D eigenvalue weighted by Crippen LogP contribution is 2.27. The van der Waals surface area contributed by atoms with E-state index in [9.17, 15) is 9.90 Å². The minimum absolute atomic E-state index is 0.209. The number of halogens is 1. The van der Waals surface area contributed by atoms with Crippen molar-refractivity contribution in [2.75, 3.05) is 5.75 Å². The summed E-state index contributed by atoms with van der Waals surface area (Å²) in [6, 6.07) is 12.5. The molecule has 0 aliphatic rings. The average molecular weight is 353 g/mol.